The van der Waals surface area contributed by atoms with Crippen molar-refractivity contribution in [3.8, 4) is 0 Å². The first-order valence-electron chi connectivity index (χ1n) is 16.9. The fraction of sp³-hybridized carbons (Fsp3) is 0.531. The topological polar surface area (TPSA) is 322 Å². The first-order valence-corrected chi connectivity index (χ1v) is 23.3. The van der Waals surface area contributed by atoms with Crippen molar-refractivity contribution in [3.63, 3.8) is 0 Å². The number of rotatable bonds is 20. The van der Waals surface area contributed by atoms with Gasteiger partial charge >= 0.3 is 0 Å². The Morgan fingerprint density at radius 1 is 0.724 bits per heavy atom. The second kappa shape index (κ2) is 24.8. The second-order valence-corrected chi connectivity index (χ2v) is 19.5. The van der Waals surface area contributed by atoms with Crippen molar-refractivity contribution in [1.82, 2.24) is 26.4 Å². The Hall–Kier alpha value is 0.0300. The Balaban J connectivity index is 2.66. The highest BCUT2D eigenvalue weighted by molar-refractivity contribution is 14.1. The number of carbonyl (C=O) groups is 5. The molecule has 1 aliphatic carbocycles. The lowest BCUT2D eigenvalue weighted by atomic mass is 9.92. The van der Waals surface area contributed by atoms with Crippen LogP contribution in [0.2, 0.25) is 0 Å². The van der Waals surface area contributed by atoms with E-state index < -0.39 is 109 Å². The number of anilines is 1. The zero-order valence-corrected chi connectivity index (χ0v) is 43.4. The van der Waals surface area contributed by atoms with Crippen LogP contribution in [0.25, 0.3) is 0 Å². The minimum atomic E-state index is -2.22. The van der Waals surface area contributed by atoms with Crippen molar-refractivity contribution in [3.05, 3.63) is 40.1 Å². The number of aliphatic hydroxyl groups excluding tert-OH is 8. The van der Waals surface area contributed by atoms with E-state index in [4.69, 9.17) is 5.11 Å². The van der Waals surface area contributed by atoms with E-state index >= 15 is 0 Å². The predicted molar refractivity (Wildman–Crippen MR) is 258 cm³/mol. The highest BCUT2D eigenvalue weighted by Gasteiger charge is 2.50. The molecule has 6 atom stereocenters. The number of hydrogen-bond acceptors (Lipinski definition) is 15. The molecule has 1 aromatic rings. The summed E-state index contributed by atoms with van der Waals surface area (Å²) < 4.78 is -1.92. The van der Waals surface area contributed by atoms with Crippen molar-refractivity contribution in [2.24, 2.45) is 0 Å². The molecule has 0 fully saturated rings. The summed E-state index contributed by atoms with van der Waals surface area (Å²) >= 11 is 10.1. The second-order valence-electron chi connectivity index (χ2n) is 12.4. The summed E-state index contributed by atoms with van der Waals surface area (Å²) in [5.74, 6) is -4.01. The lowest BCUT2D eigenvalue weighted by Gasteiger charge is -2.37. The first-order chi connectivity index (χ1) is 27.0. The van der Waals surface area contributed by atoms with Gasteiger partial charge in [-0.15, -0.1) is 0 Å². The lowest BCUT2D eigenvalue weighted by Crippen LogP contribution is -2.53. The SMILES string of the molecule is CCNN(CC(O)CN(C(C)=O)c1c(I)c(C(=O)NCC(O)CO)c(I)c(C(=O)NCC(O)CO)c1I)C(=O)C1=C(I)C(O)C(O)(I)C(C(=O)NCC(O)CO)=C1I. The van der Waals surface area contributed by atoms with Crippen LogP contribution in [0.5, 0.6) is 0 Å². The molecule has 0 saturated heterocycles. The van der Waals surface area contributed by atoms with Gasteiger partial charge in [0, 0.05) is 43.8 Å². The van der Waals surface area contributed by atoms with E-state index in [9.17, 15) is 64.8 Å². The van der Waals surface area contributed by atoms with Gasteiger partial charge in [0.25, 0.3) is 23.6 Å². The Morgan fingerprint density at radius 3 is 1.55 bits per heavy atom. The van der Waals surface area contributed by atoms with Gasteiger partial charge in [0.15, 0.2) is 3.61 Å². The predicted octanol–water partition coefficient (Wildman–Crippen LogP) is -1.92. The van der Waals surface area contributed by atoms with E-state index in [1.807, 2.05) is 0 Å². The van der Waals surface area contributed by atoms with Crippen LogP contribution < -0.4 is 26.3 Å². The van der Waals surface area contributed by atoms with Gasteiger partial charge in [-0.2, -0.15) is 0 Å². The molecule has 5 amide bonds. The van der Waals surface area contributed by atoms with E-state index in [0.29, 0.717) is 0 Å². The maximum absolute atomic E-state index is 14.2. The zero-order chi connectivity index (χ0) is 44.4. The number of hydrogen-bond donors (Lipinski definition) is 13. The van der Waals surface area contributed by atoms with E-state index in [2.05, 4.69) is 21.4 Å². The molecular formula is C32H42I6N6O14. The molecule has 26 heteroatoms. The Labute approximate surface area is 414 Å². The van der Waals surface area contributed by atoms with Crippen LogP contribution in [0, 0.1) is 10.7 Å². The van der Waals surface area contributed by atoms with Crippen molar-refractivity contribution in [1.29, 1.82) is 0 Å². The number of aliphatic hydroxyl groups is 9. The van der Waals surface area contributed by atoms with Gasteiger partial charge in [0.2, 0.25) is 5.91 Å². The molecule has 0 aromatic heterocycles. The number of nitrogens with zero attached hydrogens (tertiary/aromatic N) is 2. The molecule has 0 bridgehead atoms. The standard InChI is InChI=1S/C32H42I6N6O14/c1-3-42-44(31(57)19-22(34)20(30(56)41-6-15(51)11-47)32(38,58)27(53)25(19)37)8-16(52)7-43(12(2)48)26-23(35)17(28(54)39-4-13(49)9-45)21(33)18(24(26)36)29(55)40-5-14(50)10-46/h13-16,27,42,45-47,49-53,58H,3-11H2,1-2H3,(H,39,54)(H,40,55)(H,41,56). The minimum absolute atomic E-state index is 0.0173. The monoisotopic (exact) mass is 1500 g/mol. The smallest absolute Gasteiger partial charge is 0.269 e. The molecule has 2 rings (SSSR count). The molecule has 0 saturated carbocycles. The van der Waals surface area contributed by atoms with Crippen molar-refractivity contribution in [2.75, 3.05) is 64.0 Å². The molecule has 0 radical (unpaired) electrons. The minimum Gasteiger partial charge on any atom is -0.394 e. The Kier molecular flexibility index (Phi) is 23.1. The maximum Gasteiger partial charge on any atom is 0.269 e. The third-order valence-corrected chi connectivity index (χ3v) is 14.5. The molecule has 0 aliphatic heterocycles. The van der Waals surface area contributed by atoms with Crippen molar-refractivity contribution >= 4 is 171 Å². The van der Waals surface area contributed by atoms with Crippen LogP contribution in [0.3, 0.4) is 0 Å². The number of hydrazine groups is 1. The summed E-state index contributed by atoms with van der Waals surface area (Å²) in [5, 5.41) is 99.3. The van der Waals surface area contributed by atoms with Crippen molar-refractivity contribution in [2.45, 2.75) is 48.0 Å². The van der Waals surface area contributed by atoms with Crippen LogP contribution in [-0.2, 0) is 14.4 Å². The molecular weight excluding hydrogens is 1450 g/mol. The Bertz CT molecular complexity index is 1730. The largest absolute Gasteiger partial charge is 0.394 e. The summed E-state index contributed by atoms with van der Waals surface area (Å²) in [6.45, 7) is -1.22. The van der Waals surface area contributed by atoms with Gasteiger partial charge in [-0.05, 0) is 136 Å². The maximum atomic E-state index is 14.2. The van der Waals surface area contributed by atoms with E-state index in [-0.39, 0.29) is 59.9 Å². The van der Waals surface area contributed by atoms with Gasteiger partial charge in [-0.1, -0.05) is 6.92 Å². The van der Waals surface area contributed by atoms with Crippen LogP contribution in [0.4, 0.5) is 5.69 Å². The highest BCUT2D eigenvalue weighted by Crippen LogP contribution is 2.47. The van der Waals surface area contributed by atoms with Gasteiger partial charge in [-0.3, -0.25) is 29.0 Å². The molecule has 0 spiro atoms. The number of halogens is 6. The molecule has 0 heterocycles. The number of nitrogens with one attached hydrogen (secondary N) is 4. The summed E-state index contributed by atoms with van der Waals surface area (Å²) in [4.78, 5) is 69.1. The van der Waals surface area contributed by atoms with Gasteiger partial charge in [0.05, 0.1) is 92.4 Å². The summed E-state index contributed by atoms with van der Waals surface area (Å²) in [6.07, 6.45) is -7.28. The summed E-state index contributed by atoms with van der Waals surface area (Å²) in [6, 6.07) is 0. The number of carbonyl (C=O) groups excluding carboxylic acids is 5. The van der Waals surface area contributed by atoms with Gasteiger partial charge in [0.1, 0.15) is 6.10 Å². The fourth-order valence-corrected chi connectivity index (χ4v) is 14.4. The van der Waals surface area contributed by atoms with Gasteiger partial charge in [-0.25, -0.2) is 5.43 Å². The first kappa shape index (κ1) is 54.2. The normalized spacial score (nSPS) is 18.9. The molecule has 1 aliphatic rings. The van der Waals surface area contributed by atoms with E-state index in [1.54, 1.807) is 120 Å². The van der Waals surface area contributed by atoms with E-state index in [1.165, 1.54) is 29.5 Å². The van der Waals surface area contributed by atoms with Crippen molar-refractivity contribution < 1.29 is 69.9 Å². The molecule has 6 unspecified atom stereocenters. The Morgan fingerprint density at radius 2 is 1.16 bits per heavy atom. The molecule has 13 N–H and O–H groups in total. The highest BCUT2D eigenvalue weighted by atomic mass is 127. The number of amides is 5. The number of alkyl halides is 1. The third-order valence-electron chi connectivity index (χ3n) is 7.98. The lowest BCUT2D eigenvalue weighted by molar-refractivity contribution is -0.131. The summed E-state index contributed by atoms with van der Waals surface area (Å²) in [7, 11) is 0. The zero-order valence-electron chi connectivity index (χ0n) is 30.5. The van der Waals surface area contributed by atoms with Crippen LogP contribution in [0.1, 0.15) is 34.6 Å². The molecule has 20 nitrogen and oxygen atoms in total. The summed E-state index contributed by atoms with van der Waals surface area (Å²) in [5.41, 5.74) is 2.03. The van der Waals surface area contributed by atoms with Crippen LogP contribution in [-0.4, -0.2) is 174 Å². The molecule has 326 valence electrons. The third kappa shape index (κ3) is 13.5. The molecule has 1 aromatic carbocycles. The van der Waals surface area contributed by atoms with Crippen LogP contribution in [0.15, 0.2) is 18.3 Å². The average molecular weight is 1500 g/mol. The van der Waals surface area contributed by atoms with Crippen LogP contribution >= 0.6 is 136 Å². The fourth-order valence-electron chi connectivity index (χ4n) is 5.06. The molecule has 58 heavy (non-hydrogen) atoms. The van der Waals surface area contributed by atoms with E-state index in [0.717, 1.165) is 9.91 Å². The van der Waals surface area contributed by atoms with Gasteiger partial charge < -0.3 is 66.8 Å². The number of benzene rings is 1. The average Bonchev–Trinajstić information content (AvgIpc) is 3.16. The quantitative estimate of drug-likeness (QED) is 0.0385.